The number of anilines is 1. The summed E-state index contributed by atoms with van der Waals surface area (Å²) in [6, 6.07) is 11.5. The Balaban J connectivity index is 1.63. The summed E-state index contributed by atoms with van der Waals surface area (Å²) in [6.07, 6.45) is 5.98. The molecule has 0 unspecified atom stereocenters. The molecule has 192 valence electrons. The van der Waals surface area contributed by atoms with Gasteiger partial charge in [-0.2, -0.15) is 0 Å². The van der Waals surface area contributed by atoms with Crippen molar-refractivity contribution in [1.82, 2.24) is 14.8 Å². The number of piperidine rings is 1. The Hall–Kier alpha value is -3.72. The van der Waals surface area contributed by atoms with Crippen molar-refractivity contribution in [1.29, 1.82) is 0 Å². The van der Waals surface area contributed by atoms with Crippen LogP contribution in [0.3, 0.4) is 0 Å². The van der Waals surface area contributed by atoms with E-state index in [1.807, 2.05) is 50.4 Å². The van der Waals surface area contributed by atoms with Gasteiger partial charge >= 0.3 is 0 Å². The van der Waals surface area contributed by atoms with Crippen molar-refractivity contribution in [3.8, 4) is 0 Å². The molecule has 0 aliphatic carbocycles. The first kappa shape index (κ1) is 26.9. The molecule has 1 aliphatic heterocycles. The largest absolute Gasteiger partial charge is 0.403 e. The van der Waals surface area contributed by atoms with Gasteiger partial charge in [-0.05, 0) is 49.6 Å². The molecule has 1 atom stereocenters. The maximum atomic E-state index is 12.9. The Morgan fingerprint density at radius 2 is 1.86 bits per heavy atom. The molecule has 2 aromatic rings. The fourth-order valence-electron chi connectivity index (χ4n) is 4.18. The molecule has 1 saturated heterocycles. The van der Waals surface area contributed by atoms with Crippen molar-refractivity contribution in [3.63, 3.8) is 0 Å². The number of aliphatic imine (C=N–C) groups is 1. The summed E-state index contributed by atoms with van der Waals surface area (Å²) in [7, 11) is 3.45. The van der Waals surface area contributed by atoms with Crippen molar-refractivity contribution in [2.75, 3.05) is 32.6 Å². The number of pyridine rings is 1. The maximum Gasteiger partial charge on any atom is 0.225 e. The van der Waals surface area contributed by atoms with E-state index in [4.69, 9.17) is 15.5 Å². The van der Waals surface area contributed by atoms with Crippen LogP contribution in [0.15, 0.2) is 65.7 Å². The zero-order valence-corrected chi connectivity index (χ0v) is 21.5. The van der Waals surface area contributed by atoms with Gasteiger partial charge in [0.1, 0.15) is 0 Å². The van der Waals surface area contributed by atoms with Crippen LogP contribution in [0.1, 0.15) is 32.3 Å². The highest BCUT2D eigenvalue weighted by atomic mass is 16.5. The standard InChI is InChI=1S/C27H36N6O3/c1-19(36-4)26(31-24-9-13-29-14-10-24)25(17-28)30-23-7-5-21(6-8-23)18-32(3)27(35)22-11-15-33(16-12-22)20(2)34/h5-10,13-14,17,19,22,30H,11-12,15-16,18,28H2,1-4H3/b25-17+,31-26?/t19-/m0/s1. The number of aromatic nitrogens is 1. The number of nitrogens with zero attached hydrogens (tertiary/aromatic N) is 4. The van der Waals surface area contributed by atoms with Gasteiger partial charge in [0, 0.05) is 70.9 Å². The summed E-state index contributed by atoms with van der Waals surface area (Å²) in [6.45, 7) is 5.29. The number of rotatable bonds is 9. The first-order chi connectivity index (χ1) is 17.3. The van der Waals surface area contributed by atoms with Crippen LogP contribution in [-0.2, 0) is 20.9 Å². The molecule has 0 saturated carbocycles. The van der Waals surface area contributed by atoms with Gasteiger partial charge in [-0.25, -0.2) is 4.99 Å². The number of amides is 2. The number of hydrogen-bond acceptors (Lipinski definition) is 7. The van der Waals surface area contributed by atoms with E-state index in [9.17, 15) is 9.59 Å². The molecule has 2 amide bonds. The molecular formula is C27H36N6O3. The highest BCUT2D eigenvalue weighted by Crippen LogP contribution is 2.22. The monoisotopic (exact) mass is 492 g/mol. The van der Waals surface area contributed by atoms with Crippen LogP contribution in [-0.4, -0.2) is 65.7 Å². The highest BCUT2D eigenvalue weighted by Gasteiger charge is 2.28. The zero-order chi connectivity index (χ0) is 26.1. The summed E-state index contributed by atoms with van der Waals surface area (Å²) < 4.78 is 5.52. The second kappa shape index (κ2) is 12.8. The molecule has 1 aromatic heterocycles. The molecule has 0 radical (unpaired) electrons. The van der Waals surface area contributed by atoms with Gasteiger partial charge in [-0.1, -0.05) is 12.1 Å². The lowest BCUT2D eigenvalue weighted by molar-refractivity contribution is -0.139. The SMILES string of the molecule is CO[C@@H](C)C(=Nc1ccncc1)/C(=C\N)Nc1ccc(CN(C)C(=O)C2CCN(C(C)=O)CC2)cc1. The van der Waals surface area contributed by atoms with E-state index in [-0.39, 0.29) is 23.8 Å². The molecule has 2 heterocycles. The van der Waals surface area contributed by atoms with E-state index < -0.39 is 0 Å². The summed E-state index contributed by atoms with van der Waals surface area (Å²) in [5.41, 5.74) is 9.86. The van der Waals surface area contributed by atoms with Gasteiger partial charge in [0.15, 0.2) is 0 Å². The van der Waals surface area contributed by atoms with Crippen LogP contribution in [0.25, 0.3) is 0 Å². The Morgan fingerprint density at radius 3 is 2.42 bits per heavy atom. The fourth-order valence-corrected chi connectivity index (χ4v) is 4.18. The Bertz CT molecular complexity index is 1080. The van der Waals surface area contributed by atoms with Crippen LogP contribution in [0.2, 0.25) is 0 Å². The average Bonchev–Trinajstić information content (AvgIpc) is 2.91. The third-order valence-corrected chi connectivity index (χ3v) is 6.41. The summed E-state index contributed by atoms with van der Waals surface area (Å²) in [5, 5.41) is 3.33. The predicted molar refractivity (Wildman–Crippen MR) is 142 cm³/mol. The van der Waals surface area contributed by atoms with E-state index in [1.165, 1.54) is 6.20 Å². The minimum Gasteiger partial charge on any atom is -0.403 e. The lowest BCUT2D eigenvalue weighted by Gasteiger charge is -2.32. The Kier molecular flexibility index (Phi) is 9.58. The second-order valence-electron chi connectivity index (χ2n) is 8.96. The van der Waals surface area contributed by atoms with Crippen LogP contribution >= 0.6 is 0 Å². The van der Waals surface area contributed by atoms with Crippen LogP contribution < -0.4 is 11.1 Å². The number of nitrogens with one attached hydrogen (secondary N) is 1. The number of carbonyl (C=O) groups excluding carboxylic acids is 2. The summed E-state index contributed by atoms with van der Waals surface area (Å²) >= 11 is 0. The summed E-state index contributed by atoms with van der Waals surface area (Å²) in [4.78, 5) is 36.7. The Labute approximate surface area is 213 Å². The van der Waals surface area contributed by atoms with Crippen molar-refractivity contribution in [3.05, 3.63) is 66.3 Å². The number of carbonyl (C=O) groups is 2. The number of hydrogen-bond donors (Lipinski definition) is 2. The predicted octanol–water partition coefficient (Wildman–Crippen LogP) is 3.32. The third-order valence-electron chi connectivity index (χ3n) is 6.41. The van der Waals surface area contributed by atoms with Gasteiger partial charge in [-0.3, -0.25) is 14.6 Å². The van der Waals surface area contributed by atoms with Crippen molar-refractivity contribution >= 4 is 28.9 Å². The van der Waals surface area contributed by atoms with Crippen LogP contribution in [0.5, 0.6) is 0 Å². The molecule has 9 nitrogen and oxygen atoms in total. The second-order valence-corrected chi connectivity index (χ2v) is 8.96. The first-order valence-corrected chi connectivity index (χ1v) is 12.1. The molecule has 0 spiro atoms. The molecular weight excluding hydrogens is 456 g/mol. The molecule has 1 aliphatic rings. The average molecular weight is 493 g/mol. The smallest absolute Gasteiger partial charge is 0.225 e. The minimum atomic E-state index is -0.290. The van der Waals surface area contributed by atoms with Crippen molar-refractivity contribution in [2.45, 2.75) is 39.3 Å². The van der Waals surface area contributed by atoms with Crippen LogP contribution in [0, 0.1) is 5.92 Å². The third kappa shape index (κ3) is 7.14. The molecule has 3 N–H and O–H groups in total. The quantitative estimate of drug-likeness (QED) is 0.519. The van der Waals surface area contributed by atoms with E-state index >= 15 is 0 Å². The first-order valence-electron chi connectivity index (χ1n) is 12.1. The molecule has 9 heteroatoms. The molecule has 0 bridgehead atoms. The fraction of sp³-hybridized carbons (Fsp3) is 0.407. The lowest BCUT2D eigenvalue weighted by Crippen LogP contribution is -2.42. The van der Waals surface area contributed by atoms with Crippen molar-refractivity contribution in [2.24, 2.45) is 16.6 Å². The zero-order valence-electron chi connectivity index (χ0n) is 21.5. The molecule has 36 heavy (non-hydrogen) atoms. The normalized spacial score (nSPS) is 15.9. The number of methoxy groups -OCH3 is 1. The Morgan fingerprint density at radius 1 is 1.22 bits per heavy atom. The van der Waals surface area contributed by atoms with Gasteiger partial charge < -0.3 is 25.6 Å². The van der Waals surface area contributed by atoms with E-state index in [2.05, 4.69) is 10.3 Å². The number of likely N-dealkylation sites (tertiary alicyclic amines) is 1. The van der Waals surface area contributed by atoms with Gasteiger partial charge in [0.05, 0.1) is 23.2 Å². The lowest BCUT2D eigenvalue weighted by atomic mass is 9.95. The minimum absolute atomic E-state index is 0.0373. The summed E-state index contributed by atoms with van der Waals surface area (Å²) in [5.74, 6) is 0.159. The molecule has 1 aromatic carbocycles. The number of ether oxygens (including phenoxy) is 1. The topological polar surface area (TPSA) is 113 Å². The molecule has 3 rings (SSSR count). The van der Waals surface area contributed by atoms with Crippen molar-refractivity contribution < 1.29 is 14.3 Å². The van der Waals surface area contributed by atoms with E-state index in [0.717, 1.165) is 16.9 Å². The number of nitrogens with two attached hydrogens (primary N) is 1. The van der Waals surface area contributed by atoms with E-state index in [1.54, 1.807) is 36.2 Å². The van der Waals surface area contributed by atoms with Gasteiger partial charge in [0.25, 0.3) is 0 Å². The van der Waals surface area contributed by atoms with Gasteiger partial charge in [-0.15, -0.1) is 0 Å². The highest BCUT2D eigenvalue weighted by molar-refractivity contribution is 6.06. The maximum absolute atomic E-state index is 12.9. The molecule has 1 fully saturated rings. The van der Waals surface area contributed by atoms with E-state index in [0.29, 0.717) is 43.9 Å². The number of benzene rings is 1. The van der Waals surface area contributed by atoms with Crippen LogP contribution in [0.4, 0.5) is 11.4 Å². The van der Waals surface area contributed by atoms with Gasteiger partial charge in [0.2, 0.25) is 11.8 Å².